The third-order valence-corrected chi connectivity index (χ3v) is 3.74. The second-order valence-corrected chi connectivity index (χ2v) is 5.62. The van der Waals surface area contributed by atoms with Crippen molar-refractivity contribution >= 4 is 5.91 Å². The Morgan fingerprint density at radius 3 is 2.68 bits per heavy atom. The quantitative estimate of drug-likeness (QED) is 0.716. The highest BCUT2D eigenvalue weighted by Crippen LogP contribution is 2.19. The predicted octanol–water partition coefficient (Wildman–Crippen LogP) is 3.60. The fourth-order valence-corrected chi connectivity index (χ4v) is 2.49. The normalized spacial score (nSPS) is 10.4. The van der Waals surface area contributed by atoms with Crippen molar-refractivity contribution in [2.75, 3.05) is 6.61 Å². The highest BCUT2D eigenvalue weighted by Gasteiger charge is 2.06. The lowest BCUT2D eigenvalue weighted by atomic mass is 10.1. The highest BCUT2D eigenvalue weighted by molar-refractivity contribution is 5.78. The third-order valence-electron chi connectivity index (χ3n) is 3.74. The predicted molar refractivity (Wildman–Crippen MR) is 95.1 cm³/mol. The molecule has 0 aliphatic carbocycles. The molecule has 0 bridgehead atoms. The number of nitrogens with one attached hydrogen (secondary N) is 1. The number of benzene rings is 1. The van der Waals surface area contributed by atoms with Gasteiger partial charge in [0.1, 0.15) is 5.75 Å². The number of nitrogens with zero attached hydrogens (tertiary/aromatic N) is 1. The first-order valence-electron chi connectivity index (χ1n) is 8.19. The summed E-state index contributed by atoms with van der Waals surface area (Å²) in [5.74, 6) is 0.784. The minimum Gasteiger partial charge on any atom is -0.494 e. The summed E-state index contributed by atoms with van der Waals surface area (Å²) in [6.45, 7) is 3.01. The van der Waals surface area contributed by atoms with Crippen molar-refractivity contribution in [2.45, 2.75) is 19.9 Å². The fraction of sp³-hybridized carbons (Fsp3) is 0.200. The molecule has 5 heteroatoms. The number of hydrogen-bond donors (Lipinski definition) is 1. The van der Waals surface area contributed by atoms with Crippen molar-refractivity contribution in [1.29, 1.82) is 0 Å². The second kappa shape index (κ2) is 8.15. The molecular formula is C20H20N2O3. The Bertz CT molecular complexity index is 811. The number of amides is 1. The van der Waals surface area contributed by atoms with Crippen LogP contribution < -0.4 is 10.1 Å². The monoisotopic (exact) mass is 336 g/mol. The number of pyridine rings is 1. The van der Waals surface area contributed by atoms with Gasteiger partial charge in [-0.3, -0.25) is 9.78 Å². The number of furan rings is 1. The largest absolute Gasteiger partial charge is 0.494 e. The van der Waals surface area contributed by atoms with Gasteiger partial charge in [0.2, 0.25) is 5.91 Å². The van der Waals surface area contributed by atoms with Crippen LogP contribution in [0.25, 0.3) is 11.1 Å². The molecule has 2 heterocycles. The van der Waals surface area contributed by atoms with Gasteiger partial charge in [0.05, 0.1) is 25.6 Å². The van der Waals surface area contributed by atoms with Crippen LogP contribution in [0.4, 0.5) is 0 Å². The van der Waals surface area contributed by atoms with Gasteiger partial charge in [-0.15, -0.1) is 0 Å². The number of aromatic nitrogens is 1. The van der Waals surface area contributed by atoms with E-state index < -0.39 is 0 Å². The molecule has 1 aromatic carbocycles. The van der Waals surface area contributed by atoms with Crippen molar-refractivity contribution in [3.63, 3.8) is 0 Å². The van der Waals surface area contributed by atoms with Crippen molar-refractivity contribution in [3.05, 3.63) is 72.4 Å². The van der Waals surface area contributed by atoms with Gasteiger partial charge < -0.3 is 14.5 Å². The molecule has 0 aliphatic rings. The summed E-state index contributed by atoms with van der Waals surface area (Å²) in [6, 6.07) is 11.5. The topological polar surface area (TPSA) is 64.4 Å². The van der Waals surface area contributed by atoms with E-state index in [1.54, 1.807) is 24.9 Å². The van der Waals surface area contributed by atoms with E-state index in [0.717, 1.165) is 28.0 Å². The van der Waals surface area contributed by atoms with Gasteiger partial charge in [-0.25, -0.2) is 0 Å². The molecule has 128 valence electrons. The van der Waals surface area contributed by atoms with E-state index in [1.807, 2.05) is 43.3 Å². The number of ether oxygens (including phenoxy) is 1. The van der Waals surface area contributed by atoms with Crippen molar-refractivity contribution in [3.8, 4) is 16.9 Å². The maximum Gasteiger partial charge on any atom is 0.224 e. The van der Waals surface area contributed by atoms with Crippen LogP contribution in [0.15, 0.2) is 65.7 Å². The molecule has 0 saturated heterocycles. The van der Waals surface area contributed by atoms with Crippen LogP contribution >= 0.6 is 0 Å². The van der Waals surface area contributed by atoms with Crippen LogP contribution in [0.2, 0.25) is 0 Å². The van der Waals surface area contributed by atoms with Gasteiger partial charge in [-0.2, -0.15) is 0 Å². The zero-order valence-corrected chi connectivity index (χ0v) is 14.1. The first-order chi connectivity index (χ1) is 12.2. The SMILES string of the molecule is CCOc1ccc(CC(=O)NCc2cncc(-c3ccoc3)c2)cc1. The van der Waals surface area contributed by atoms with Crippen LogP contribution in [-0.4, -0.2) is 17.5 Å². The van der Waals surface area contributed by atoms with Crippen molar-refractivity contribution < 1.29 is 13.9 Å². The molecule has 3 rings (SSSR count). The summed E-state index contributed by atoms with van der Waals surface area (Å²) < 4.78 is 10.5. The molecule has 0 radical (unpaired) electrons. The number of carbonyl (C=O) groups is 1. The summed E-state index contributed by atoms with van der Waals surface area (Å²) >= 11 is 0. The summed E-state index contributed by atoms with van der Waals surface area (Å²) in [7, 11) is 0. The maximum atomic E-state index is 12.1. The molecule has 0 fully saturated rings. The van der Waals surface area contributed by atoms with Gasteiger partial charge in [0, 0.05) is 30.1 Å². The average molecular weight is 336 g/mol. The van der Waals surface area contributed by atoms with E-state index in [4.69, 9.17) is 9.15 Å². The van der Waals surface area contributed by atoms with Crippen molar-refractivity contribution in [2.24, 2.45) is 0 Å². The van der Waals surface area contributed by atoms with Gasteiger partial charge in [0.25, 0.3) is 0 Å². The van der Waals surface area contributed by atoms with Gasteiger partial charge in [-0.05, 0) is 42.3 Å². The van der Waals surface area contributed by atoms with E-state index in [1.165, 1.54) is 0 Å². The average Bonchev–Trinajstić information content (AvgIpc) is 3.17. The first kappa shape index (κ1) is 16.8. The van der Waals surface area contributed by atoms with Gasteiger partial charge in [-0.1, -0.05) is 12.1 Å². The Morgan fingerprint density at radius 2 is 1.96 bits per heavy atom. The number of carbonyl (C=O) groups excluding carboxylic acids is 1. The highest BCUT2D eigenvalue weighted by atomic mass is 16.5. The Hall–Kier alpha value is -3.08. The Balaban J connectivity index is 1.54. The van der Waals surface area contributed by atoms with Gasteiger partial charge >= 0.3 is 0 Å². The summed E-state index contributed by atoms with van der Waals surface area (Å²) in [4.78, 5) is 16.4. The Labute approximate surface area is 146 Å². The molecule has 0 spiro atoms. The fourth-order valence-electron chi connectivity index (χ4n) is 2.49. The Kier molecular flexibility index (Phi) is 5.46. The zero-order chi connectivity index (χ0) is 17.5. The molecule has 1 amide bonds. The van der Waals surface area contributed by atoms with Crippen LogP contribution in [-0.2, 0) is 17.8 Å². The number of rotatable bonds is 7. The smallest absolute Gasteiger partial charge is 0.224 e. The van der Waals surface area contributed by atoms with Crippen molar-refractivity contribution in [1.82, 2.24) is 10.3 Å². The summed E-state index contributed by atoms with van der Waals surface area (Å²) in [5, 5.41) is 2.93. The lowest BCUT2D eigenvalue weighted by molar-refractivity contribution is -0.120. The summed E-state index contributed by atoms with van der Waals surface area (Å²) in [6.07, 6.45) is 7.16. The minimum atomic E-state index is -0.0297. The van der Waals surface area contributed by atoms with Crippen LogP contribution in [0, 0.1) is 0 Å². The van der Waals surface area contributed by atoms with E-state index >= 15 is 0 Å². The second-order valence-electron chi connectivity index (χ2n) is 5.62. The molecule has 5 nitrogen and oxygen atoms in total. The van der Waals surface area contributed by atoms with Gasteiger partial charge in [0.15, 0.2) is 0 Å². The third kappa shape index (κ3) is 4.70. The minimum absolute atomic E-state index is 0.0297. The van der Waals surface area contributed by atoms with E-state index in [9.17, 15) is 4.79 Å². The first-order valence-corrected chi connectivity index (χ1v) is 8.19. The van der Waals surface area contributed by atoms with E-state index in [2.05, 4.69) is 10.3 Å². The van der Waals surface area contributed by atoms with E-state index in [-0.39, 0.29) is 5.91 Å². The molecule has 1 N–H and O–H groups in total. The lowest BCUT2D eigenvalue weighted by Gasteiger charge is -2.07. The molecule has 3 aromatic rings. The lowest BCUT2D eigenvalue weighted by Crippen LogP contribution is -2.24. The zero-order valence-electron chi connectivity index (χ0n) is 14.1. The molecular weight excluding hydrogens is 316 g/mol. The molecule has 2 aromatic heterocycles. The van der Waals surface area contributed by atoms with Crippen LogP contribution in [0.3, 0.4) is 0 Å². The summed E-state index contributed by atoms with van der Waals surface area (Å²) in [5.41, 5.74) is 3.83. The van der Waals surface area contributed by atoms with Crippen LogP contribution in [0.5, 0.6) is 5.75 Å². The molecule has 0 atom stereocenters. The van der Waals surface area contributed by atoms with Crippen LogP contribution in [0.1, 0.15) is 18.1 Å². The molecule has 0 unspecified atom stereocenters. The number of hydrogen-bond acceptors (Lipinski definition) is 4. The standard InChI is InChI=1S/C20H20N2O3/c1-2-25-19-5-3-15(4-6-19)10-20(23)22-12-16-9-18(13-21-11-16)17-7-8-24-14-17/h3-9,11,13-14H,2,10,12H2,1H3,(H,22,23). The molecule has 0 aliphatic heterocycles. The molecule has 25 heavy (non-hydrogen) atoms. The van der Waals surface area contributed by atoms with E-state index in [0.29, 0.717) is 19.6 Å². The maximum absolute atomic E-state index is 12.1. The molecule has 0 saturated carbocycles. The Morgan fingerprint density at radius 1 is 1.12 bits per heavy atom.